The maximum Gasteiger partial charge on any atom is 0.358 e. The third kappa shape index (κ3) is 3.74. The quantitative estimate of drug-likeness (QED) is 0.612. The molecule has 0 saturated heterocycles. The van der Waals surface area contributed by atoms with Crippen molar-refractivity contribution in [1.29, 1.82) is 0 Å². The number of esters is 1. The summed E-state index contributed by atoms with van der Waals surface area (Å²) in [6, 6.07) is 0.989. The average Bonchev–Trinajstić information content (AvgIpc) is 2.53. The Bertz CT molecular complexity index is 290. The molecule has 5 heteroatoms. The highest BCUT2D eigenvalue weighted by Crippen LogP contribution is 2.08. The van der Waals surface area contributed by atoms with Gasteiger partial charge >= 0.3 is 5.97 Å². The van der Waals surface area contributed by atoms with Crippen molar-refractivity contribution in [3.63, 3.8) is 0 Å². The second-order valence-corrected chi connectivity index (χ2v) is 10.0. The Morgan fingerprint density at radius 1 is 1.57 bits per heavy atom. The molecular formula is C9H16N2O2Si. The van der Waals surface area contributed by atoms with E-state index in [1.807, 2.05) is 0 Å². The number of hydrogen-bond donors (Lipinski definition) is 1. The Morgan fingerprint density at radius 2 is 2.29 bits per heavy atom. The van der Waals surface area contributed by atoms with E-state index < -0.39 is 8.07 Å². The Morgan fingerprint density at radius 3 is 2.79 bits per heavy atom. The van der Waals surface area contributed by atoms with Crippen molar-refractivity contribution in [2.24, 2.45) is 0 Å². The van der Waals surface area contributed by atoms with Crippen LogP contribution in [0.5, 0.6) is 0 Å². The number of hydrogen-bond acceptors (Lipinski definition) is 3. The van der Waals surface area contributed by atoms with Crippen LogP contribution in [0, 0.1) is 0 Å². The van der Waals surface area contributed by atoms with Gasteiger partial charge in [0.15, 0.2) is 5.69 Å². The zero-order valence-electron chi connectivity index (χ0n) is 8.83. The van der Waals surface area contributed by atoms with Crippen molar-refractivity contribution in [1.82, 2.24) is 9.97 Å². The fourth-order valence-corrected chi connectivity index (χ4v) is 1.61. The van der Waals surface area contributed by atoms with Gasteiger partial charge in [-0.1, -0.05) is 19.6 Å². The Hall–Kier alpha value is -1.10. The van der Waals surface area contributed by atoms with Crippen molar-refractivity contribution in [3.05, 3.63) is 18.2 Å². The van der Waals surface area contributed by atoms with Crippen LogP contribution in [0.2, 0.25) is 25.7 Å². The number of nitrogens with one attached hydrogen (secondary N) is 1. The second-order valence-electron chi connectivity index (χ2n) is 4.40. The molecule has 0 saturated carbocycles. The first-order chi connectivity index (χ1) is 6.49. The summed E-state index contributed by atoms with van der Waals surface area (Å²) in [5.74, 6) is -0.343. The van der Waals surface area contributed by atoms with Crippen LogP contribution in [-0.4, -0.2) is 30.6 Å². The monoisotopic (exact) mass is 212 g/mol. The van der Waals surface area contributed by atoms with Crippen LogP contribution in [0.4, 0.5) is 0 Å². The predicted octanol–water partition coefficient (Wildman–Crippen LogP) is 1.90. The Kier molecular flexibility index (Phi) is 3.46. The molecule has 1 N–H and O–H groups in total. The van der Waals surface area contributed by atoms with E-state index in [4.69, 9.17) is 4.74 Å². The highest BCUT2D eigenvalue weighted by atomic mass is 28.3. The molecule has 78 valence electrons. The van der Waals surface area contributed by atoms with Gasteiger partial charge in [0.1, 0.15) is 0 Å². The summed E-state index contributed by atoms with van der Waals surface area (Å²) < 4.78 is 5.08. The predicted molar refractivity (Wildman–Crippen MR) is 57.0 cm³/mol. The summed E-state index contributed by atoms with van der Waals surface area (Å²) in [5, 5.41) is 0. The minimum Gasteiger partial charge on any atom is -0.461 e. The van der Waals surface area contributed by atoms with Crippen LogP contribution in [0.3, 0.4) is 0 Å². The van der Waals surface area contributed by atoms with Gasteiger partial charge in [-0.05, 0) is 6.04 Å². The second kappa shape index (κ2) is 4.41. The van der Waals surface area contributed by atoms with E-state index in [-0.39, 0.29) is 5.97 Å². The molecule has 0 aliphatic heterocycles. The van der Waals surface area contributed by atoms with Crippen LogP contribution >= 0.6 is 0 Å². The SMILES string of the molecule is C[Si](C)(C)CCOC(=O)c1c[nH]cn1. The van der Waals surface area contributed by atoms with Crippen molar-refractivity contribution in [3.8, 4) is 0 Å². The fraction of sp³-hybridized carbons (Fsp3) is 0.556. The summed E-state index contributed by atoms with van der Waals surface area (Å²) >= 11 is 0. The van der Waals surface area contributed by atoms with E-state index in [2.05, 4.69) is 29.6 Å². The maximum atomic E-state index is 11.3. The molecule has 0 unspecified atom stereocenters. The summed E-state index contributed by atoms with van der Waals surface area (Å²) in [6.45, 7) is 7.24. The van der Waals surface area contributed by atoms with E-state index in [9.17, 15) is 4.79 Å². The van der Waals surface area contributed by atoms with Gasteiger partial charge in [-0.3, -0.25) is 0 Å². The number of carbonyl (C=O) groups is 1. The molecule has 0 radical (unpaired) electrons. The van der Waals surface area contributed by atoms with Gasteiger partial charge in [-0.15, -0.1) is 0 Å². The zero-order valence-corrected chi connectivity index (χ0v) is 9.83. The largest absolute Gasteiger partial charge is 0.461 e. The third-order valence-corrected chi connectivity index (χ3v) is 3.50. The molecule has 0 aliphatic rings. The highest BCUT2D eigenvalue weighted by Gasteiger charge is 2.15. The molecule has 1 aromatic rings. The highest BCUT2D eigenvalue weighted by molar-refractivity contribution is 6.76. The van der Waals surface area contributed by atoms with Crippen LogP contribution in [-0.2, 0) is 4.74 Å². The zero-order chi connectivity index (χ0) is 10.6. The van der Waals surface area contributed by atoms with Gasteiger partial charge in [-0.2, -0.15) is 0 Å². The van der Waals surface area contributed by atoms with Crippen molar-refractivity contribution in [2.75, 3.05) is 6.61 Å². The van der Waals surface area contributed by atoms with Crippen LogP contribution in [0.1, 0.15) is 10.5 Å². The molecule has 1 aromatic heterocycles. The number of nitrogens with zero attached hydrogens (tertiary/aromatic N) is 1. The molecule has 4 nitrogen and oxygen atoms in total. The standard InChI is InChI=1S/C9H16N2O2Si/c1-14(2,3)5-4-13-9(12)8-6-10-7-11-8/h6-7H,4-5H2,1-3H3,(H,10,11). The molecule has 0 aromatic carbocycles. The first-order valence-corrected chi connectivity index (χ1v) is 8.36. The average molecular weight is 212 g/mol. The maximum absolute atomic E-state index is 11.3. The Labute approximate surface area is 84.7 Å². The van der Waals surface area contributed by atoms with Gasteiger partial charge in [0.2, 0.25) is 0 Å². The van der Waals surface area contributed by atoms with Crippen LogP contribution < -0.4 is 0 Å². The van der Waals surface area contributed by atoms with Crippen molar-refractivity contribution >= 4 is 14.0 Å². The smallest absolute Gasteiger partial charge is 0.358 e. The molecule has 0 aliphatic carbocycles. The number of ether oxygens (including phenoxy) is 1. The number of aromatic nitrogens is 2. The normalized spacial score (nSPS) is 11.4. The summed E-state index contributed by atoms with van der Waals surface area (Å²) in [4.78, 5) is 17.8. The first kappa shape index (κ1) is 11.0. The van der Waals surface area contributed by atoms with E-state index in [1.54, 1.807) is 0 Å². The topological polar surface area (TPSA) is 55.0 Å². The molecular weight excluding hydrogens is 196 g/mol. The lowest BCUT2D eigenvalue weighted by molar-refractivity contribution is 0.0519. The van der Waals surface area contributed by atoms with Gasteiger partial charge in [0, 0.05) is 14.3 Å². The number of carbonyl (C=O) groups excluding carboxylic acids is 1. The molecule has 0 bridgehead atoms. The molecule has 0 amide bonds. The van der Waals surface area contributed by atoms with E-state index in [1.165, 1.54) is 12.5 Å². The minimum absolute atomic E-state index is 0.343. The van der Waals surface area contributed by atoms with Gasteiger partial charge in [-0.25, -0.2) is 9.78 Å². The Balaban J connectivity index is 2.30. The lowest BCUT2D eigenvalue weighted by atomic mass is 10.5. The number of imidazole rings is 1. The lowest BCUT2D eigenvalue weighted by Crippen LogP contribution is -2.22. The van der Waals surface area contributed by atoms with Crippen molar-refractivity contribution in [2.45, 2.75) is 25.7 Å². The number of rotatable bonds is 4. The lowest BCUT2D eigenvalue weighted by Gasteiger charge is -2.14. The van der Waals surface area contributed by atoms with E-state index >= 15 is 0 Å². The molecule has 1 heterocycles. The van der Waals surface area contributed by atoms with Crippen LogP contribution in [0.25, 0.3) is 0 Å². The minimum atomic E-state index is -1.11. The summed E-state index contributed by atoms with van der Waals surface area (Å²) in [5.41, 5.74) is 0.348. The molecule has 0 spiro atoms. The molecule has 0 fully saturated rings. The number of aromatic amines is 1. The summed E-state index contributed by atoms with van der Waals surface area (Å²) in [6.07, 6.45) is 3.01. The van der Waals surface area contributed by atoms with E-state index in [0.29, 0.717) is 12.3 Å². The van der Waals surface area contributed by atoms with Gasteiger partial charge < -0.3 is 9.72 Å². The van der Waals surface area contributed by atoms with Crippen LogP contribution in [0.15, 0.2) is 12.5 Å². The molecule has 1 rings (SSSR count). The molecule has 0 atom stereocenters. The third-order valence-electron chi connectivity index (χ3n) is 1.79. The molecule has 14 heavy (non-hydrogen) atoms. The van der Waals surface area contributed by atoms with Crippen molar-refractivity contribution < 1.29 is 9.53 Å². The van der Waals surface area contributed by atoms with Gasteiger partial charge in [0.25, 0.3) is 0 Å². The van der Waals surface area contributed by atoms with E-state index in [0.717, 1.165) is 6.04 Å². The summed E-state index contributed by atoms with van der Waals surface area (Å²) in [7, 11) is -1.11. The fourth-order valence-electron chi connectivity index (χ4n) is 0.896. The first-order valence-electron chi connectivity index (χ1n) is 4.65. The number of H-pyrrole nitrogens is 1. The van der Waals surface area contributed by atoms with Gasteiger partial charge in [0.05, 0.1) is 12.9 Å².